The number of rotatable bonds is 6. The van der Waals surface area contributed by atoms with Crippen molar-refractivity contribution >= 4 is 5.91 Å². The second-order valence-corrected chi connectivity index (χ2v) is 7.79. The van der Waals surface area contributed by atoms with Gasteiger partial charge in [-0.1, -0.05) is 30.3 Å². The number of ether oxygens (including phenoxy) is 2. The lowest BCUT2D eigenvalue weighted by atomic mass is 9.95. The third kappa shape index (κ3) is 3.31. The molecule has 168 valence electrons. The number of benzene rings is 2. The van der Waals surface area contributed by atoms with Crippen LogP contribution in [0.15, 0.2) is 65.3 Å². The minimum absolute atomic E-state index is 0.0969. The van der Waals surface area contributed by atoms with Crippen LogP contribution < -0.4 is 9.47 Å². The number of nitrogens with zero attached hydrogens (tertiary/aromatic N) is 3. The van der Waals surface area contributed by atoms with Crippen LogP contribution in [0.5, 0.6) is 17.2 Å². The van der Waals surface area contributed by atoms with Gasteiger partial charge in [0.25, 0.3) is 5.91 Å². The molecule has 1 aliphatic heterocycles. The number of carbonyl (C=O) groups excluding carboxylic acids is 1. The monoisotopic (exact) mass is 445 g/mol. The van der Waals surface area contributed by atoms with E-state index < -0.39 is 6.04 Å². The molecule has 4 aromatic rings. The van der Waals surface area contributed by atoms with Gasteiger partial charge in [0.1, 0.15) is 11.5 Å². The average molecular weight is 445 g/mol. The molecule has 1 unspecified atom stereocenters. The Morgan fingerprint density at radius 2 is 1.76 bits per heavy atom. The first-order chi connectivity index (χ1) is 16.0. The average Bonchev–Trinajstić information content (AvgIpc) is 3.53. The number of aromatic nitrogens is 2. The van der Waals surface area contributed by atoms with Gasteiger partial charge in [0.2, 0.25) is 5.75 Å². The van der Waals surface area contributed by atoms with E-state index in [9.17, 15) is 9.90 Å². The number of methoxy groups -OCH3 is 2. The predicted molar refractivity (Wildman–Crippen MR) is 120 cm³/mol. The van der Waals surface area contributed by atoms with Crippen molar-refractivity contribution in [2.24, 2.45) is 7.05 Å². The lowest BCUT2D eigenvalue weighted by molar-refractivity contribution is 0.0712. The third-order valence-electron chi connectivity index (χ3n) is 5.90. The van der Waals surface area contributed by atoms with Crippen molar-refractivity contribution in [2.75, 3.05) is 14.2 Å². The van der Waals surface area contributed by atoms with Crippen molar-refractivity contribution in [3.63, 3.8) is 0 Å². The van der Waals surface area contributed by atoms with Crippen LogP contribution in [0, 0.1) is 0 Å². The van der Waals surface area contributed by atoms with E-state index in [0.717, 1.165) is 22.4 Å². The molecule has 0 saturated carbocycles. The maximum Gasteiger partial charge on any atom is 0.273 e. The quantitative estimate of drug-likeness (QED) is 0.480. The van der Waals surface area contributed by atoms with Gasteiger partial charge < -0.3 is 23.9 Å². The topological polar surface area (TPSA) is 90.0 Å². The molecule has 1 N–H and O–H groups in total. The number of amides is 1. The summed E-state index contributed by atoms with van der Waals surface area (Å²) in [5, 5.41) is 15.1. The Morgan fingerprint density at radius 3 is 2.36 bits per heavy atom. The van der Waals surface area contributed by atoms with Crippen molar-refractivity contribution in [1.29, 1.82) is 0 Å². The van der Waals surface area contributed by atoms with E-state index in [1.807, 2.05) is 36.4 Å². The number of carbonyl (C=O) groups is 1. The van der Waals surface area contributed by atoms with Crippen LogP contribution in [0.1, 0.15) is 33.4 Å². The van der Waals surface area contributed by atoms with Crippen LogP contribution in [-0.2, 0) is 13.6 Å². The van der Waals surface area contributed by atoms with E-state index in [0.29, 0.717) is 11.5 Å². The fraction of sp³-hybridized carbons (Fsp3) is 0.200. The van der Waals surface area contributed by atoms with Gasteiger partial charge >= 0.3 is 0 Å². The molecule has 1 amide bonds. The number of hydrogen-bond donors (Lipinski definition) is 1. The standard InChI is InChI=1S/C25H23N3O5/c1-27-23-20(21(26-27)15-8-5-4-6-9-15)22(28(25(23)30)14-17-10-7-11-33-17)16-12-18(31-2)24(29)19(13-16)32-3/h4-13,22,29H,14H2,1-3H3. The summed E-state index contributed by atoms with van der Waals surface area (Å²) in [7, 11) is 4.72. The van der Waals surface area contributed by atoms with Crippen molar-refractivity contribution in [3.8, 4) is 28.5 Å². The highest BCUT2D eigenvalue weighted by atomic mass is 16.5. The first kappa shape index (κ1) is 20.7. The van der Waals surface area contributed by atoms with Crippen LogP contribution in [0.25, 0.3) is 11.3 Å². The highest BCUT2D eigenvalue weighted by Gasteiger charge is 2.44. The lowest BCUT2D eigenvalue weighted by Crippen LogP contribution is -2.29. The van der Waals surface area contributed by atoms with Gasteiger partial charge in [0.15, 0.2) is 11.5 Å². The number of aromatic hydroxyl groups is 1. The maximum atomic E-state index is 13.7. The maximum absolute atomic E-state index is 13.7. The predicted octanol–water partition coefficient (Wildman–Crippen LogP) is 4.15. The zero-order valence-electron chi connectivity index (χ0n) is 18.5. The van der Waals surface area contributed by atoms with Gasteiger partial charge in [0.05, 0.1) is 38.8 Å². The summed E-state index contributed by atoms with van der Waals surface area (Å²) in [4.78, 5) is 15.4. The summed E-state index contributed by atoms with van der Waals surface area (Å²) in [6.45, 7) is 0.269. The number of aryl methyl sites for hydroxylation is 1. The second-order valence-electron chi connectivity index (χ2n) is 7.79. The van der Waals surface area contributed by atoms with E-state index in [4.69, 9.17) is 19.0 Å². The lowest BCUT2D eigenvalue weighted by Gasteiger charge is -2.26. The van der Waals surface area contributed by atoms with Crippen LogP contribution in [-0.4, -0.2) is 39.9 Å². The number of furan rings is 1. The van der Waals surface area contributed by atoms with Crippen molar-refractivity contribution in [3.05, 3.63) is 83.4 Å². The van der Waals surface area contributed by atoms with Crippen molar-refractivity contribution in [2.45, 2.75) is 12.6 Å². The third-order valence-corrected chi connectivity index (χ3v) is 5.90. The highest BCUT2D eigenvalue weighted by Crippen LogP contribution is 2.47. The van der Waals surface area contributed by atoms with Gasteiger partial charge in [-0.25, -0.2) is 0 Å². The molecule has 2 aromatic heterocycles. The normalized spacial score (nSPS) is 15.1. The molecule has 2 aromatic carbocycles. The Labute approximate surface area is 190 Å². The van der Waals surface area contributed by atoms with Gasteiger partial charge in [-0.2, -0.15) is 5.10 Å². The molecule has 0 spiro atoms. The summed E-state index contributed by atoms with van der Waals surface area (Å²) in [6, 6.07) is 16.3. The number of phenolic OH excluding ortho intramolecular Hbond substituents is 1. The zero-order chi connectivity index (χ0) is 23.1. The fourth-order valence-corrected chi connectivity index (χ4v) is 4.42. The summed E-state index contributed by atoms with van der Waals surface area (Å²) >= 11 is 0. The van der Waals surface area contributed by atoms with Crippen LogP contribution >= 0.6 is 0 Å². The molecule has 1 aliphatic rings. The number of phenols is 1. The van der Waals surface area contributed by atoms with Crippen LogP contribution in [0.2, 0.25) is 0 Å². The Hall–Kier alpha value is -4.20. The minimum Gasteiger partial charge on any atom is -0.502 e. The summed E-state index contributed by atoms with van der Waals surface area (Å²) in [6.07, 6.45) is 1.58. The SMILES string of the molecule is COc1cc(C2c3c(-c4ccccc4)nn(C)c3C(=O)N2Cc2ccco2)cc(OC)c1O. The van der Waals surface area contributed by atoms with Gasteiger partial charge in [-0.3, -0.25) is 9.48 Å². The van der Waals surface area contributed by atoms with E-state index in [1.165, 1.54) is 14.2 Å². The first-order valence-corrected chi connectivity index (χ1v) is 10.4. The molecule has 0 fully saturated rings. The second kappa shape index (κ2) is 8.05. The van der Waals surface area contributed by atoms with Crippen LogP contribution in [0.4, 0.5) is 0 Å². The zero-order valence-corrected chi connectivity index (χ0v) is 18.5. The Bertz CT molecular complexity index is 1290. The van der Waals surface area contributed by atoms with Gasteiger partial charge in [-0.15, -0.1) is 0 Å². The molecule has 8 nitrogen and oxygen atoms in total. The molecule has 0 aliphatic carbocycles. The molecule has 0 radical (unpaired) electrons. The molecule has 8 heteroatoms. The molecular formula is C25H23N3O5. The van der Waals surface area contributed by atoms with Gasteiger partial charge in [-0.05, 0) is 29.8 Å². The van der Waals surface area contributed by atoms with Crippen molar-refractivity contribution < 1.29 is 23.8 Å². The van der Waals surface area contributed by atoms with E-state index in [-0.39, 0.29) is 29.7 Å². The van der Waals surface area contributed by atoms with E-state index >= 15 is 0 Å². The fourth-order valence-electron chi connectivity index (χ4n) is 4.42. The van der Waals surface area contributed by atoms with Crippen molar-refractivity contribution in [1.82, 2.24) is 14.7 Å². The Kier molecular flexibility index (Phi) is 5.05. The molecular weight excluding hydrogens is 422 g/mol. The number of hydrogen-bond acceptors (Lipinski definition) is 6. The molecule has 1 atom stereocenters. The summed E-state index contributed by atoms with van der Waals surface area (Å²) in [5.41, 5.74) is 3.65. The van der Waals surface area contributed by atoms with E-state index in [1.54, 1.807) is 41.1 Å². The Balaban J connectivity index is 1.74. The first-order valence-electron chi connectivity index (χ1n) is 10.4. The molecule has 0 saturated heterocycles. The molecule has 33 heavy (non-hydrogen) atoms. The minimum atomic E-state index is -0.495. The Morgan fingerprint density at radius 1 is 1.06 bits per heavy atom. The van der Waals surface area contributed by atoms with E-state index in [2.05, 4.69) is 0 Å². The molecule has 0 bridgehead atoms. The van der Waals surface area contributed by atoms with Gasteiger partial charge in [0, 0.05) is 18.2 Å². The molecule has 5 rings (SSSR count). The smallest absolute Gasteiger partial charge is 0.273 e. The number of fused-ring (bicyclic) bond motifs is 1. The largest absolute Gasteiger partial charge is 0.502 e. The summed E-state index contributed by atoms with van der Waals surface area (Å²) in [5.74, 6) is 0.921. The molecule has 3 heterocycles. The van der Waals surface area contributed by atoms with Crippen LogP contribution in [0.3, 0.4) is 0 Å². The summed E-state index contributed by atoms with van der Waals surface area (Å²) < 4.78 is 18.0. The highest BCUT2D eigenvalue weighted by molar-refractivity contribution is 6.00.